The summed E-state index contributed by atoms with van der Waals surface area (Å²) in [5, 5.41) is 8.39. The Morgan fingerprint density at radius 1 is 1.20 bits per heavy atom. The van der Waals surface area contributed by atoms with E-state index in [9.17, 15) is 14.4 Å². The summed E-state index contributed by atoms with van der Waals surface area (Å²) < 4.78 is 9.79. The molecule has 0 aromatic heterocycles. The third-order valence-electron chi connectivity index (χ3n) is 2.57. The van der Waals surface area contributed by atoms with Crippen molar-refractivity contribution in [1.82, 2.24) is 0 Å². The Labute approximate surface area is 118 Å². The van der Waals surface area contributed by atoms with Gasteiger partial charge in [0.15, 0.2) is 0 Å². The highest BCUT2D eigenvalue weighted by atomic mass is 16.5. The van der Waals surface area contributed by atoms with Crippen molar-refractivity contribution in [3.8, 4) is 0 Å². The number of carboxylic acid groups (broad SMARTS) is 1. The molecular formula is C14H22O6. The van der Waals surface area contributed by atoms with Crippen LogP contribution >= 0.6 is 0 Å². The summed E-state index contributed by atoms with van der Waals surface area (Å²) in [6.07, 6.45) is 3.24. The van der Waals surface area contributed by atoms with Crippen molar-refractivity contribution >= 4 is 17.9 Å². The van der Waals surface area contributed by atoms with Gasteiger partial charge in [0, 0.05) is 6.08 Å². The highest BCUT2D eigenvalue weighted by Crippen LogP contribution is 2.09. The van der Waals surface area contributed by atoms with E-state index in [2.05, 4.69) is 6.58 Å². The number of carbonyl (C=O) groups excluding carboxylic acids is 2. The SMILES string of the molecule is C=CC(=O)OCC(C)CCCCOC(=O)CCC(=O)O. The molecule has 20 heavy (non-hydrogen) atoms. The summed E-state index contributed by atoms with van der Waals surface area (Å²) in [4.78, 5) is 32.2. The minimum atomic E-state index is -1.01. The van der Waals surface area contributed by atoms with Crippen LogP contribution in [0.2, 0.25) is 0 Å². The predicted octanol–water partition coefficient (Wildman–Crippen LogP) is 1.93. The third-order valence-corrected chi connectivity index (χ3v) is 2.57. The fourth-order valence-electron chi connectivity index (χ4n) is 1.43. The summed E-state index contributed by atoms with van der Waals surface area (Å²) in [6.45, 7) is 5.91. The number of rotatable bonds is 11. The Balaban J connectivity index is 3.47. The lowest BCUT2D eigenvalue weighted by atomic mass is 10.1. The molecule has 0 aromatic carbocycles. The molecule has 6 heteroatoms. The maximum atomic E-state index is 11.1. The van der Waals surface area contributed by atoms with Crippen molar-refractivity contribution in [2.45, 2.75) is 39.0 Å². The molecule has 0 heterocycles. The molecular weight excluding hydrogens is 264 g/mol. The van der Waals surface area contributed by atoms with E-state index in [1.54, 1.807) is 0 Å². The van der Waals surface area contributed by atoms with Crippen molar-refractivity contribution in [3.05, 3.63) is 12.7 Å². The molecule has 114 valence electrons. The average Bonchev–Trinajstić information content (AvgIpc) is 2.41. The molecule has 0 aliphatic heterocycles. The van der Waals surface area contributed by atoms with Gasteiger partial charge < -0.3 is 14.6 Å². The lowest BCUT2D eigenvalue weighted by Crippen LogP contribution is -2.11. The fourth-order valence-corrected chi connectivity index (χ4v) is 1.43. The molecule has 0 spiro atoms. The van der Waals surface area contributed by atoms with Crippen LogP contribution in [-0.2, 0) is 23.9 Å². The molecule has 1 atom stereocenters. The molecule has 6 nitrogen and oxygen atoms in total. The van der Waals surface area contributed by atoms with E-state index in [1.807, 2.05) is 6.92 Å². The van der Waals surface area contributed by atoms with Gasteiger partial charge >= 0.3 is 17.9 Å². The maximum absolute atomic E-state index is 11.1. The zero-order chi connectivity index (χ0) is 15.4. The van der Waals surface area contributed by atoms with Gasteiger partial charge in [-0.15, -0.1) is 0 Å². The van der Waals surface area contributed by atoms with Crippen molar-refractivity contribution in [2.75, 3.05) is 13.2 Å². The van der Waals surface area contributed by atoms with Gasteiger partial charge in [-0.2, -0.15) is 0 Å². The molecule has 1 N–H and O–H groups in total. The molecule has 0 fully saturated rings. The number of aliphatic carboxylic acids is 1. The van der Waals surface area contributed by atoms with Crippen LogP contribution in [0.5, 0.6) is 0 Å². The molecule has 1 unspecified atom stereocenters. The summed E-state index contributed by atoms with van der Waals surface area (Å²) in [7, 11) is 0. The molecule has 0 aliphatic carbocycles. The highest BCUT2D eigenvalue weighted by molar-refractivity contribution is 5.81. The van der Waals surface area contributed by atoms with E-state index in [0.717, 1.165) is 18.9 Å². The number of esters is 2. The van der Waals surface area contributed by atoms with Crippen LogP contribution in [0.1, 0.15) is 39.0 Å². The standard InChI is InChI=1S/C14H22O6/c1-3-13(17)20-10-11(2)6-4-5-9-19-14(18)8-7-12(15)16/h3,11H,1,4-10H2,2H3,(H,15,16). The zero-order valence-electron chi connectivity index (χ0n) is 11.8. The molecule has 0 aliphatic rings. The van der Waals surface area contributed by atoms with Gasteiger partial charge in [0.1, 0.15) is 0 Å². The van der Waals surface area contributed by atoms with Crippen LogP contribution in [0.25, 0.3) is 0 Å². The lowest BCUT2D eigenvalue weighted by Gasteiger charge is -2.11. The van der Waals surface area contributed by atoms with Crippen molar-refractivity contribution < 1.29 is 29.0 Å². The maximum Gasteiger partial charge on any atom is 0.330 e. The van der Waals surface area contributed by atoms with E-state index in [4.69, 9.17) is 14.6 Å². The minimum absolute atomic E-state index is 0.0940. The van der Waals surface area contributed by atoms with Crippen LogP contribution < -0.4 is 0 Å². The summed E-state index contributed by atoms with van der Waals surface area (Å²) in [5.74, 6) is -1.68. The first-order chi connectivity index (χ1) is 9.45. The summed E-state index contributed by atoms with van der Waals surface area (Å²) in [6, 6.07) is 0. The van der Waals surface area contributed by atoms with Crippen molar-refractivity contribution in [3.63, 3.8) is 0 Å². The van der Waals surface area contributed by atoms with Crippen molar-refractivity contribution in [2.24, 2.45) is 5.92 Å². The Kier molecular flexibility index (Phi) is 10.00. The van der Waals surface area contributed by atoms with Crippen LogP contribution in [0.3, 0.4) is 0 Å². The van der Waals surface area contributed by atoms with Crippen LogP contribution in [0, 0.1) is 5.92 Å². The van der Waals surface area contributed by atoms with Crippen molar-refractivity contribution in [1.29, 1.82) is 0 Å². The number of hydrogen-bond donors (Lipinski definition) is 1. The quantitative estimate of drug-likeness (QED) is 0.354. The van der Waals surface area contributed by atoms with Gasteiger partial charge in [0.05, 0.1) is 26.1 Å². The highest BCUT2D eigenvalue weighted by Gasteiger charge is 2.07. The smallest absolute Gasteiger partial charge is 0.330 e. The molecule has 0 saturated carbocycles. The average molecular weight is 286 g/mol. The molecule has 0 aromatic rings. The second-order valence-electron chi connectivity index (χ2n) is 4.55. The van der Waals surface area contributed by atoms with Gasteiger partial charge in [-0.05, 0) is 25.2 Å². The Morgan fingerprint density at radius 2 is 1.90 bits per heavy atom. The van der Waals surface area contributed by atoms with E-state index in [1.165, 1.54) is 0 Å². The fraction of sp³-hybridized carbons (Fsp3) is 0.643. The molecule has 0 bridgehead atoms. The Bertz CT molecular complexity index is 337. The zero-order valence-corrected chi connectivity index (χ0v) is 11.8. The van der Waals surface area contributed by atoms with E-state index < -0.39 is 17.9 Å². The summed E-state index contributed by atoms with van der Waals surface area (Å²) >= 11 is 0. The first kappa shape index (κ1) is 18.1. The molecule has 0 rings (SSSR count). The Hall–Kier alpha value is -1.85. The van der Waals surface area contributed by atoms with Gasteiger partial charge in [0.2, 0.25) is 0 Å². The normalized spacial score (nSPS) is 11.4. The van der Waals surface area contributed by atoms with Crippen LogP contribution in [-0.4, -0.2) is 36.2 Å². The topological polar surface area (TPSA) is 89.9 Å². The van der Waals surface area contributed by atoms with Crippen LogP contribution in [0.4, 0.5) is 0 Å². The minimum Gasteiger partial charge on any atom is -0.481 e. The third kappa shape index (κ3) is 11.3. The lowest BCUT2D eigenvalue weighted by molar-refractivity contribution is -0.147. The first-order valence-electron chi connectivity index (χ1n) is 6.62. The molecule has 0 saturated heterocycles. The second kappa shape index (κ2) is 11.0. The number of carbonyl (C=O) groups is 3. The Morgan fingerprint density at radius 3 is 2.50 bits per heavy atom. The van der Waals surface area contributed by atoms with Gasteiger partial charge in [-0.3, -0.25) is 9.59 Å². The van der Waals surface area contributed by atoms with Crippen LogP contribution in [0.15, 0.2) is 12.7 Å². The number of carboxylic acids is 1. The number of ether oxygens (including phenoxy) is 2. The largest absolute Gasteiger partial charge is 0.481 e. The van der Waals surface area contributed by atoms with E-state index >= 15 is 0 Å². The number of unbranched alkanes of at least 4 members (excludes halogenated alkanes) is 1. The molecule has 0 radical (unpaired) electrons. The summed E-state index contributed by atoms with van der Waals surface area (Å²) in [5.41, 5.74) is 0. The monoisotopic (exact) mass is 286 g/mol. The molecule has 0 amide bonds. The second-order valence-corrected chi connectivity index (χ2v) is 4.55. The van der Waals surface area contributed by atoms with Gasteiger partial charge in [-0.1, -0.05) is 13.5 Å². The first-order valence-corrected chi connectivity index (χ1v) is 6.62. The predicted molar refractivity (Wildman–Crippen MR) is 72.0 cm³/mol. The van der Waals surface area contributed by atoms with E-state index in [-0.39, 0.29) is 25.4 Å². The van der Waals surface area contributed by atoms with E-state index in [0.29, 0.717) is 13.0 Å². The number of hydrogen-bond acceptors (Lipinski definition) is 5. The van der Waals surface area contributed by atoms with Gasteiger partial charge in [0.25, 0.3) is 0 Å². The van der Waals surface area contributed by atoms with Gasteiger partial charge in [-0.25, -0.2) is 4.79 Å².